The van der Waals surface area contributed by atoms with Crippen molar-refractivity contribution in [2.45, 2.75) is 58.8 Å². The summed E-state index contributed by atoms with van der Waals surface area (Å²) in [7, 11) is 0. The zero-order valence-electron chi connectivity index (χ0n) is 18.0. The van der Waals surface area contributed by atoms with Gasteiger partial charge in [-0.3, -0.25) is 9.59 Å². The predicted octanol–water partition coefficient (Wildman–Crippen LogP) is 7.79. The Morgan fingerprint density at radius 2 is 1.57 bits per heavy atom. The minimum absolute atomic E-state index is 0.0682. The molecule has 0 spiro atoms. The van der Waals surface area contributed by atoms with Crippen molar-refractivity contribution in [1.82, 2.24) is 0 Å². The molecule has 2 aromatic rings. The first kappa shape index (κ1) is 24.2. The lowest BCUT2D eigenvalue weighted by Crippen LogP contribution is -2.16. The van der Waals surface area contributed by atoms with E-state index in [0.29, 0.717) is 32.8 Å². The molecule has 4 rings (SSSR count). The lowest BCUT2D eigenvalue weighted by molar-refractivity contribution is -0.117. The van der Waals surface area contributed by atoms with Gasteiger partial charge in [0, 0.05) is 22.6 Å². The highest BCUT2D eigenvalue weighted by Crippen LogP contribution is 2.44. The Morgan fingerprint density at radius 3 is 2.10 bits per heavy atom. The summed E-state index contributed by atoms with van der Waals surface area (Å²) in [5, 5.41) is 3.63. The van der Waals surface area contributed by atoms with Gasteiger partial charge in [0.15, 0.2) is 5.78 Å². The van der Waals surface area contributed by atoms with Gasteiger partial charge in [-0.2, -0.15) is 0 Å². The van der Waals surface area contributed by atoms with E-state index in [1.54, 1.807) is 12.1 Å². The Balaban J connectivity index is 0.000000481. The molecule has 1 amide bonds. The largest absolute Gasteiger partial charge is 0.324 e. The van der Waals surface area contributed by atoms with Gasteiger partial charge < -0.3 is 5.32 Å². The van der Waals surface area contributed by atoms with Gasteiger partial charge in [0.1, 0.15) is 0 Å². The number of fused-ring (bicyclic) bond motifs is 1. The molecule has 1 saturated carbocycles. The van der Waals surface area contributed by atoms with Crippen molar-refractivity contribution < 1.29 is 9.59 Å². The number of rotatable bonds is 4. The molecule has 2 aromatic carbocycles. The number of anilines is 1. The van der Waals surface area contributed by atoms with Crippen LogP contribution in [-0.4, -0.2) is 11.7 Å². The van der Waals surface area contributed by atoms with Crippen LogP contribution >= 0.6 is 23.2 Å². The van der Waals surface area contributed by atoms with Crippen molar-refractivity contribution in [3.63, 3.8) is 0 Å². The van der Waals surface area contributed by atoms with Gasteiger partial charge >= 0.3 is 0 Å². The van der Waals surface area contributed by atoms with E-state index in [1.807, 2.05) is 64.1 Å². The molecule has 2 aliphatic rings. The normalized spacial score (nSPS) is 16.7. The number of benzene rings is 2. The molecule has 30 heavy (non-hydrogen) atoms. The Bertz CT molecular complexity index is 911. The summed E-state index contributed by atoms with van der Waals surface area (Å²) >= 11 is 12.4. The van der Waals surface area contributed by atoms with Crippen LogP contribution in [0.3, 0.4) is 0 Å². The highest BCUT2D eigenvalue weighted by atomic mass is 35.5. The van der Waals surface area contributed by atoms with Crippen molar-refractivity contribution in [3.05, 3.63) is 75.3 Å². The number of Topliss-reactive ketones (excluding diaryl/α,β-unsaturated/α-hetero) is 1. The second-order valence-electron chi connectivity index (χ2n) is 7.05. The fourth-order valence-electron chi connectivity index (χ4n) is 3.23. The summed E-state index contributed by atoms with van der Waals surface area (Å²) in [6.07, 6.45) is 6.54. The van der Waals surface area contributed by atoms with Crippen molar-refractivity contribution >= 4 is 40.6 Å². The second kappa shape index (κ2) is 11.3. The zero-order chi connectivity index (χ0) is 22.3. The maximum Gasteiger partial charge on any atom is 0.232 e. The van der Waals surface area contributed by atoms with Gasteiger partial charge in [-0.05, 0) is 50.3 Å². The highest BCUT2D eigenvalue weighted by Gasteiger charge is 2.35. The SMILES string of the molecule is C/C=C\C.CC.O=C(CC1C(=O)Nc2c(Cl)ccc(Cl)c21)c1ccc(C2CC2)cc1. The van der Waals surface area contributed by atoms with Crippen LogP contribution in [0.1, 0.15) is 80.3 Å². The van der Waals surface area contributed by atoms with Crippen molar-refractivity contribution in [2.24, 2.45) is 0 Å². The van der Waals surface area contributed by atoms with E-state index >= 15 is 0 Å². The zero-order valence-corrected chi connectivity index (χ0v) is 19.5. The smallest absolute Gasteiger partial charge is 0.232 e. The quantitative estimate of drug-likeness (QED) is 0.385. The van der Waals surface area contributed by atoms with Crippen LogP contribution in [0.4, 0.5) is 5.69 Å². The van der Waals surface area contributed by atoms with Crippen LogP contribution in [0, 0.1) is 0 Å². The third-order valence-electron chi connectivity index (χ3n) is 5.06. The number of nitrogens with one attached hydrogen (secondary N) is 1. The summed E-state index contributed by atoms with van der Waals surface area (Å²) in [4.78, 5) is 24.9. The summed E-state index contributed by atoms with van der Waals surface area (Å²) < 4.78 is 0. The first-order valence-corrected chi connectivity index (χ1v) is 11.2. The van der Waals surface area contributed by atoms with Gasteiger partial charge in [-0.25, -0.2) is 0 Å². The third kappa shape index (κ3) is 5.74. The summed E-state index contributed by atoms with van der Waals surface area (Å²) in [5.74, 6) is -0.242. The van der Waals surface area contributed by atoms with E-state index in [2.05, 4.69) is 5.32 Å². The number of allylic oxidation sites excluding steroid dienone is 2. The van der Waals surface area contributed by atoms with Gasteiger partial charge in [-0.1, -0.05) is 73.5 Å². The standard InChI is InChI=1S/C19H15Cl2NO2.C4H8.C2H6/c20-14-7-8-15(21)18-17(14)13(19(24)22-18)9-16(23)12-5-3-11(4-6-12)10-1-2-10;1-3-4-2;1-2/h3-8,10,13H,1-2,9H2,(H,22,24);3-4H,1-2H3;1-2H3/b;4-3-;. The van der Waals surface area contributed by atoms with Gasteiger partial charge in [-0.15, -0.1) is 0 Å². The van der Waals surface area contributed by atoms with Gasteiger partial charge in [0.25, 0.3) is 0 Å². The minimum atomic E-state index is -0.596. The maximum atomic E-state index is 12.6. The number of carbonyl (C=O) groups is 2. The predicted molar refractivity (Wildman–Crippen MR) is 127 cm³/mol. The first-order chi connectivity index (χ1) is 14.5. The number of hydrogen-bond donors (Lipinski definition) is 1. The number of carbonyl (C=O) groups excluding carboxylic acids is 2. The number of ketones is 1. The molecule has 1 atom stereocenters. The Hall–Kier alpha value is -2.10. The maximum absolute atomic E-state index is 12.6. The molecule has 0 saturated heterocycles. The van der Waals surface area contributed by atoms with Crippen LogP contribution in [0.2, 0.25) is 10.0 Å². The van der Waals surface area contributed by atoms with Crippen LogP contribution in [0.25, 0.3) is 0 Å². The van der Waals surface area contributed by atoms with Crippen molar-refractivity contribution in [1.29, 1.82) is 0 Å². The molecule has 0 aromatic heterocycles. The van der Waals surface area contributed by atoms with E-state index < -0.39 is 5.92 Å². The average Bonchev–Trinajstić information content (AvgIpc) is 3.57. The highest BCUT2D eigenvalue weighted by molar-refractivity contribution is 6.38. The van der Waals surface area contributed by atoms with E-state index in [0.717, 1.165) is 0 Å². The van der Waals surface area contributed by atoms with E-state index in [1.165, 1.54) is 18.4 Å². The first-order valence-electron chi connectivity index (χ1n) is 10.5. The van der Waals surface area contributed by atoms with E-state index in [4.69, 9.17) is 23.2 Å². The molecular weight excluding hydrogens is 417 g/mol. The number of halogens is 2. The molecular formula is C25H29Cl2NO2. The average molecular weight is 446 g/mol. The minimum Gasteiger partial charge on any atom is -0.324 e. The molecule has 5 heteroatoms. The van der Waals surface area contributed by atoms with Crippen molar-refractivity contribution in [3.8, 4) is 0 Å². The van der Waals surface area contributed by atoms with Crippen LogP contribution in [-0.2, 0) is 4.79 Å². The second-order valence-corrected chi connectivity index (χ2v) is 7.86. The third-order valence-corrected chi connectivity index (χ3v) is 5.70. The monoisotopic (exact) mass is 445 g/mol. The molecule has 1 N–H and O–H groups in total. The Labute approximate surface area is 189 Å². The molecule has 1 unspecified atom stereocenters. The molecule has 1 aliphatic heterocycles. The van der Waals surface area contributed by atoms with Crippen LogP contribution in [0.5, 0.6) is 0 Å². The topological polar surface area (TPSA) is 46.2 Å². The lowest BCUT2D eigenvalue weighted by Gasteiger charge is -2.10. The summed E-state index contributed by atoms with van der Waals surface area (Å²) in [6.45, 7) is 8.00. The molecule has 0 bridgehead atoms. The van der Waals surface area contributed by atoms with E-state index in [9.17, 15) is 9.59 Å². The lowest BCUT2D eigenvalue weighted by atomic mass is 9.92. The summed E-state index contributed by atoms with van der Waals surface area (Å²) in [6, 6.07) is 11.0. The number of hydrogen-bond acceptors (Lipinski definition) is 2. The van der Waals surface area contributed by atoms with Crippen molar-refractivity contribution in [2.75, 3.05) is 5.32 Å². The Morgan fingerprint density at radius 1 is 1.00 bits per heavy atom. The molecule has 0 radical (unpaired) electrons. The number of amides is 1. The van der Waals surface area contributed by atoms with Crippen LogP contribution in [0.15, 0.2) is 48.6 Å². The Kier molecular flexibility index (Phi) is 9.13. The van der Waals surface area contributed by atoms with Crippen LogP contribution < -0.4 is 5.32 Å². The fraction of sp³-hybridized carbons (Fsp3) is 0.360. The fourth-order valence-corrected chi connectivity index (χ4v) is 3.73. The summed E-state index contributed by atoms with van der Waals surface area (Å²) in [5.41, 5.74) is 3.05. The van der Waals surface area contributed by atoms with E-state index in [-0.39, 0.29) is 18.1 Å². The van der Waals surface area contributed by atoms with Gasteiger partial charge in [0.2, 0.25) is 5.91 Å². The molecule has 1 aliphatic carbocycles. The molecule has 1 heterocycles. The van der Waals surface area contributed by atoms with Gasteiger partial charge in [0.05, 0.1) is 16.6 Å². The molecule has 160 valence electrons. The molecule has 1 fully saturated rings. The molecule has 3 nitrogen and oxygen atoms in total.